The van der Waals surface area contributed by atoms with E-state index in [0.717, 1.165) is 12.0 Å². The topological polar surface area (TPSA) is 17.1 Å². The Labute approximate surface area is 179 Å². The normalized spacial score (nSPS) is 16.7. The number of aryl methyl sites for hydroxylation is 1. The van der Waals surface area contributed by atoms with Crippen LogP contribution in [0.2, 0.25) is 0 Å². The average molecular weight is 393 g/mol. The molecule has 0 saturated carbocycles. The molecule has 1 nitrogen and oxygen atoms in total. The van der Waals surface area contributed by atoms with Crippen molar-refractivity contribution >= 4 is 11.4 Å². The van der Waals surface area contributed by atoms with Gasteiger partial charge in [-0.15, -0.1) is 0 Å². The highest BCUT2D eigenvalue weighted by Gasteiger charge is 2.28. The van der Waals surface area contributed by atoms with Crippen molar-refractivity contribution in [3.05, 3.63) is 125 Å². The van der Waals surface area contributed by atoms with Crippen LogP contribution in [0, 0.1) is 12.8 Å². The van der Waals surface area contributed by atoms with Crippen LogP contribution in [0.5, 0.6) is 0 Å². The summed E-state index contributed by atoms with van der Waals surface area (Å²) in [6, 6.07) is 29.5. The quantitative estimate of drug-likeness (QED) is 0.425. The standard InChI is InChI=1S/C29H28O/c1-21-13-15-23(16-14-21)20-28(30)22(2)19-26-17-18-27(24-9-5-3-6-10-24)29(26)25-11-7-4-8-12-25/h3-18,22,29H,19-20H2,1-2H3. The van der Waals surface area contributed by atoms with Gasteiger partial charge in [-0.3, -0.25) is 4.79 Å². The molecule has 0 aliphatic heterocycles. The number of hydrogen-bond acceptors (Lipinski definition) is 1. The fraction of sp³-hybridized carbons (Fsp3) is 0.207. The van der Waals surface area contributed by atoms with Crippen molar-refractivity contribution in [1.82, 2.24) is 0 Å². The third-order valence-corrected chi connectivity index (χ3v) is 5.99. The molecule has 0 bridgehead atoms. The number of allylic oxidation sites excluding steroid dienone is 4. The first-order chi connectivity index (χ1) is 14.6. The van der Waals surface area contributed by atoms with Crippen LogP contribution in [-0.2, 0) is 11.2 Å². The second kappa shape index (κ2) is 9.09. The molecular weight excluding hydrogens is 364 g/mol. The highest BCUT2D eigenvalue weighted by Crippen LogP contribution is 2.44. The van der Waals surface area contributed by atoms with Gasteiger partial charge >= 0.3 is 0 Å². The van der Waals surface area contributed by atoms with Crippen LogP contribution in [-0.4, -0.2) is 5.78 Å². The summed E-state index contributed by atoms with van der Waals surface area (Å²) in [6.45, 7) is 4.14. The fourth-order valence-corrected chi connectivity index (χ4v) is 4.26. The highest BCUT2D eigenvalue weighted by atomic mass is 16.1. The van der Waals surface area contributed by atoms with E-state index in [-0.39, 0.29) is 11.8 Å². The van der Waals surface area contributed by atoms with E-state index in [0.29, 0.717) is 12.2 Å². The maximum atomic E-state index is 12.9. The summed E-state index contributed by atoms with van der Waals surface area (Å²) in [5, 5.41) is 0. The van der Waals surface area contributed by atoms with Gasteiger partial charge in [0.05, 0.1) is 0 Å². The molecule has 1 aliphatic carbocycles. The number of Topliss-reactive ketones (excluding diaryl/α,β-unsaturated/α-hetero) is 1. The molecule has 1 aliphatic rings. The number of carbonyl (C=O) groups excluding carboxylic acids is 1. The number of rotatable bonds is 7. The SMILES string of the molecule is Cc1ccc(CC(=O)C(C)CC2=CC=C(c3ccccc3)C2c2ccccc2)cc1. The lowest BCUT2D eigenvalue weighted by atomic mass is 9.81. The molecule has 0 heterocycles. The lowest BCUT2D eigenvalue weighted by molar-refractivity contribution is -0.121. The molecule has 2 unspecified atom stereocenters. The second-order valence-corrected chi connectivity index (χ2v) is 8.31. The fourth-order valence-electron chi connectivity index (χ4n) is 4.26. The maximum Gasteiger partial charge on any atom is 0.140 e. The van der Waals surface area contributed by atoms with Crippen LogP contribution in [0.25, 0.3) is 5.57 Å². The lowest BCUT2D eigenvalue weighted by Gasteiger charge is -2.22. The molecule has 3 aromatic carbocycles. The third-order valence-electron chi connectivity index (χ3n) is 5.99. The van der Waals surface area contributed by atoms with E-state index >= 15 is 0 Å². The van der Waals surface area contributed by atoms with Crippen molar-refractivity contribution in [3.63, 3.8) is 0 Å². The van der Waals surface area contributed by atoms with Gasteiger partial charge in [0, 0.05) is 18.3 Å². The molecular formula is C29H28O. The minimum Gasteiger partial charge on any atom is -0.299 e. The predicted molar refractivity (Wildman–Crippen MR) is 125 cm³/mol. The van der Waals surface area contributed by atoms with Crippen molar-refractivity contribution in [2.24, 2.45) is 5.92 Å². The van der Waals surface area contributed by atoms with E-state index in [2.05, 4.69) is 111 Å². The zero-order valence-corrected chi connectivity index (χ0v) is 17.7. The Hall–Kier alpha value is -3.19. The summed E-state index contributed by atoms with van der Waals surface area (Å²) in [5.41, 5.74) is 7.49. The smallest absolute Gasteiger partial charge is 0.140 e. The van der Waals surface area contributed by atoms with Crippen molar-refractivity contribution in [1.29, 1.82) is 0 Å². The van der Waals surface area contributed by atoms with Gasteiger partial charge < -0.3 is 0 Å². The summed E-state index contributed by atoms with van der Waals surface area (Å²) >= 11 is 0. The van der Waals surface area contributed by atoms with Gasteiger partial charge in [0.1, 0.15) is 5.78 Å². The van der Waals surface area contributed by atoms with E-state index in [9.17, 15) is 4.79 Å². The molecule has 0 fully saturated rings. The first-order valence-electron chi connectivity index (χ1n) is 10.7. The van der Waals surface area contributed by atoms with Gasteiger partial charge in [-0.25, -0.2) is 0 Å². The van der Waals surface area contributed by atoms with Gasteiger partial charge in [-0.1, -0.05) is 115 Å². The monoisotopic (exact) mass is 392 g/mol. The van der Waals surface area contributed by atoms with Crippen molar-refractivity contribution in [3.8, 4) is 0 Å². The van der Waals surface area contributed by atoms with Crippen molar-refractivity contribution in [2.45, 2.75) is 32.6 Å². The average Bonchev–Trinajstić information content (AvgIpc) is 3.20. The summed E-state index contributed by atoms with van der Waals surface area (Å²) in [6.07, 6.45) is 5.76. The zero-order valence-electron chi connectivity index (χ0n) is 17.7. The number of ketones is 1. The summed E-state index contributed by atoms with van der Waals surface area (Å²) in [4.78, 5) is 12.9. The Balaban J connectivity index is 1.52. The Kier molecular flexibility index (Phi) is 6.09. The number of carbonyl (C=O) groups is 1. The minimum absolute atomic E-state index is 0.00714. The number of hydrogen-bond donors (Lipinski definition) is 0. The Morgan fingerprint density at radius 3 is 2.13 bits per heavy atom. The summed E-state index contributed by atoms with van der Waals surface area (Å²) in [5.74, 6) is 0.509. The molecule has 0 amide bonds. The van der Waals surface area contributed by atoms with Crippen LogP contribution < -0.4 is 0 Å². The van der Waals surface area contributed by atoms with Gasteiger partial charge in [-0.2, -0.15) is 0 Å². The van der Waals surface area contributed by atoms with Crippen molar-refractivity contribution < 1.29 is 4.79 Å². The largest absolute Gasteiger partial charge is 0.299 e. The lowest BCUT2D eigenvalue weighted by Crippen LogP contribution is -2.16. The van der Waals surface area contributed by atoms with E-state index in [4.69, 9.17) is 0 Å². The molecule has 0 N–H and O–H groups in total. The molecule has 0 spiro atoms. The van der Waals surface area contributed by atoms with Gasteiger partial charge in [0.15, 0.2) is 0 Å². The summed E-state index contributed by atoms with van der Waals surface area (Å²) in [7, 11) is 0. The minimum atomic E-state index is -0.00714. The molecule has 4 rings (SSSR count). The third kappa shape index (κ3) is 4.52. The van der Waals surface area contributed by atoms with Crippen LogP contribution >= 0.6 is 0 Å². The Morgan fingerprint density at radius 1 is 0.833 bits per heavy atom. The second-order valence-electron chi connectivity index (χ2n) is 8.31. The van der Waals surface area contributed by atoms with E-state index in [1.165, 1.54) is 27.8 Å². The molecule has 30 heavy (non-hydrogen) atoms. The zero-order chi connectivity index (χ0) is 20.9. The van der Waals surface area contributed by atoms with Crippen molar-refractivity contribution in [2.75, 3.05) is 0 Å². The van der Waals surface area contributed by atoms with E-state index in [1.807, 2.05) is 0 Å². The van der Waals surface area contributed by atoms with Gasteiger partial charge in [0.2, 0.25) is 0 Å². The molecule has 0 saturated heterocycles. The maximum absolute atomic E-state index is 12.9. The first kappa shape index (κ1) is 20.1. The van der Waals surface area contributed by atoms with Crippen LogP contribution in [0.15, 0.2) is 103 Å². The molecule has 0 radical (unpaired) electrons. The van der Waals surface area contributed by atoms with Crippen LogP contribution in [0.4, 0.5) is 0 Å². The predicted octanol–water partition coefficient (Wildman–Crippen LogP) is 6.94. The van der Waals surface area contributed by atoms with Gasteiger partial charge in [0.25, 0.3) is 0 Å². The van der Waals surface area contributed by atoms with Crippen LogP contribution in [0.3, 0.4) is 0 Å². The molecule has 150 valence electrons. The Morgan fingerprint density at radius 2 is 1.47 bits per heavy atom. The van der Waals surface area contributed by atoms with E-state index < -0.39 is 0 Å². The highest BCUT2D eigenvalue weighted by molar-refractivity contribution is 5.84. The number of benzene rings is 3. The summed E-state index contributed by atoms with van der Waals surface area (Å²) < 4.78 is 0. The van der Waals surface area contributed by atoms with E-state index in [1.54, 1.807) is 0 Å². The van der Waals surface area contributed by atoms with Gasteiger partial charge in [-0.05, 0) is 35.6 Å². The Bertz CT molecular complexity index is 1060. The molecule has 0 aromatic heterocycles. The van der Waals surface area contributed by atoms with Crippen LogP contribution in [0.1, 0.15) is 41.5 Å². The molecule has 2 atom stereocenters. The molecule has 3 aromatic rings. The molecule has 1 heteroatoms. The first-order valence-corrected chi connectivity index (χ1v) is 10.7.